The van der Waals surface area contributed by atoms with Gasteiger partial charge in [-0.3, -0.25) is 0 Å². The molecule has 0 saturated carbocycles. The molecular formula is C15H18N4O2. The van der Waals surface area contributed by atoms with Gasteiger partial charge in [-0.25, -0.2) is 14.8 Å². The van der Waals surface area contributed by atoms with E-state index in [4.69, 9.17) is 0 Å². The Morgan fingerprint density at radius 2 is 2.33 bits per heavy atom. The Hall–Kier alpha value is -2.37. The van der Waals surface area contributed by atoms with Crippen LogP contribution in [0.25, 0.3) is 0 Å². The molecule has 2 aromatic heterocycles. The second kappa shape index (κ2) is 5.55. The smallest absolute Gasteiger partial charge is 0.339 e. The van der Waals surface area contributed by atoms with Gasteiger partial charge in [-0.05, 0) is 31.9 Å². The Kier molecular flexibility index (Phi) is 3.60. The van der Waals surface area contributed by atoms with E-state index in [1.807, 2.05) is 17.7 Å². The van der Waals surface area contributed by atoms with Crippen molar-refractivity contribution in [1.82, 2.24) is 14.5 Å². The van der Waals surface area contributed by atoms with Crippen molar-refractivity contribution in [3.63, 3.8) is 0 Å². The van der Waals surface area contributed by atoms with Crippen molar-refractivity contribution in [1.29, 1.82) is 0 Å². The monoisotopic (exact) mass is 286 g/mol. The van der Waals surface area contributed by atoms with Gasteiger partial charge in [-0.2, -0.15) is 0 Å². The molecule has 21 heavy (non-hydrogen) atoms. The van der Waals surface area contributed by atoms with E-state index in [1.165, 1.54) is 0 Å². The maximum Gasteiger partial charge on any atom is 0.339 e. The first-order chi connectivity index (χ1) is 10.1. The van der Waals surface area contributed by atoms with E-state index >= 15 is 0 Å². The van der Waals surface area contributed by atoms with Gasteiger partial charge < -0.3 is 14.6 Å². The molecule has 0 aromatic carbocycles. The predicted molar refractivity (Wildman–Crippen MR) is 78.5 cm³/mol. The van der Waals surface area contributed by atoms with Gasteiger partial charge in [0.2, 0.25) is 0 Å². The van der Waals surface area contributed by atoms with Gasteiger partial charge in [0.15, 0.2) is 0 Å². The summed E-state index contributed by atoms with van der Waals surface area (Å²) in [7, 11) is 0. The van der Waals surface area contributed by atoms with Gasteiger partial charge >= 0.3 is 5.97 Å². The Morgan fingerprint density at radius 3 is 3.05 bits per heavy atom. The number of carbonyl (C=O) groups is 1. The van der Waals surface area contributed by atoms with Crippen LogP contribution in [0.3, 0.4) is 0 Å². The highest BCUT2D eigenvalue weighted by Gasteiger charge is 2.29. The maximum atomic E-state index is 11.4. The predicted octanol–water partition coefficient (Wildman–Crippen LogP) is 1.95. The highest BCUT2D eigenvalue weighted by Crippen LogP contribution is 2.28. The molecule has 3 rings (SSSR count). The van der Waals surface area contributed by atoms with Gasteiger partial charge in [-0.15, -0.1) is 0 Å². The fourth-order valence-corrected chi connectivity index (χ4v) is 2.87. The van der Waals surface area contributed by atoms with Gasteiger partial charge in [0.1, 0.15) is 11.4 Å². The average Bonchev–Trinajstić information content (AvgIpc) is 3.10. The number of hydrogen-bond acceptors (Lipinski definition) is 4. The molecule has 0 amide bonds. The van der Waals surface area contributed by atoms with E-state index in [2.05, 4.69) is 14.9 Å². The molecule has 1 N–H and O–H groups in total. The number of rotatable bonds is 4. The molecule has 0 spiro atoms. The van der Waals surface area contributed by atoms with Crippen molar-refractivity contribution in [2.75, 3.05) is 11.4 Å². The van der Waals surface area contributed by atoms with E-state index in [1.54, 1.807) is 24.7 Å². The minimum atomic E-state index is -0.925. The Balaban J connectivity index is 1.91. The number of carboxylic acids is 1. The summed E-state index contributed by atoms with van der Waals surface area (Å²) >= 11 is 0. The number of imidazole rings is 1. The first-order valence-electron chi connectivity index (χ1n) is 7.08. The quantitative estimate of drug-likeness (QED) is 0.930. The van der Waals surface area contributed by atoms with Crippen LogP contribution in [0.2, 0.25) is 0 Å². The van der Waals surface area contributed by atoms with Gasteiger partial charge in [-0.1, -0.05) is 0 Å². The number of pyridine rings is 1. The normalized spacial score (nSPS) is 18.1. The molecule has 0 bridgehead atoms. The molecule has 1 unspecified atom stereocenters. The summed E-state index contributed by atoms with van der Waals surface area (Å²) in [4.78, 5) is 22.1. The van der Waals surface area contributed by atoms with E-state index in [0.29, 0.717) is 5.82 Å². The molecule has 1 aliphatic rings. The van der Waals surface area contributed by atoms with E-state index in [-0.39, 0.29) is 11.6 Å². The summed E-state index contributed by atoms with van der Waals surface area (Å²) in [5.41, 5.74) is 1.11. The molecule has 0 radical (unpaired) electrons. The summed E-state index contributed by atoms with van der Waals surface area (Å²) in [6, 6.07) is 3.65. The number of anilines is 1. The van der Waals surface area contributed by atoms with Gasteiger partial charge in [0, 0.05) is 37.2 Å². The number of aryl methyl sites for hydroxylation is 1. The molecule has 110 valence electrons. The third-order valence-corrected chi connectivity index (χ3v) is 3.87. The lowest BCUT2D eigenvalue weighted by atomic mass is 10.2. The zero-order valence-corrected chi connectivity index (χ0v) is 11.9. The molecule has 1 fully saturated rings. The maximum absolute atomic E-state index is 11.4. The largest absolute Gasteiger partial charge is 0.478 e. The van der Waals surface area contributed by atoms with Crippen molar-refractivity contribution in [2.45, 2.75) is 32.4 Å². The fourth-order valence-electron chi connectivity index (χ4n) is 2.87. The number of nitrogens with zero attached hydrogens (tertiary/aromatic N) is 4. The average molecular weight is 286 g/mol. The SMILES string of the molecule is Cc1ccc(C(=O)O)c(N2CCCC2Cn2ccnc2)n1. The highest BCUT2D eigenvalue weighted by atomic mass is 16.4. The van der Waals surface area contributed by atoms with Gasteiger partial charge in [0.05, 0.1) is 6.33 Å². The third-order valence-electron chi connectivity index (χ3n) is 3.87. The van der Waals surface area contributed by atoms with Crippen LogP contribution in [0.5, 0.6) is 0 Å². The second-order valence-electron chi connectivity index (χ2n) is 5.38. The minimum absolute atomic E-state index is 0.256. The summed E-state index contributed by atoms with van der Waals surface area (Å²) in [6.45, 7) is 3.53. The van der Waals surface area contributed by atoms with Crippen LogP contribution in [-0.4, -0.2) is 38.2 Å². The Bertz CT molecular complexity index is 639. The summed E-state index contributed by atoms with van der Waals surface area (Å²) in [6.07, 6.45) is 7.56. The van der Waals surface area contributed by atoms with Crippen LogP contribution in [0.15, 0.2) is 30.9 Å². The van der Waals surface area contributed by atoms with E-state index < -0.39 is 5.97 Å². The fraction of sp³-hybridized carbons (Fsp3) is 0.400. The van der Waals surface area contributed by atoms with E-state index in [0.717, 1.165) is 31.6 Å². The van der Waals surface area contributed by atoms with Crippen LogP contribution in [-0.2, 0) is 6.54 Å². The van der Waals surface area contributed by atoms with Crippen LogP contribution in [0.1, 0.15) is 28.9 Å². The van der Waals surface area contributed by atoms with Crippen molar-refractivity contribution >= 4 is 11.8 Å². The molecule has 1 aliphatic heterocycles. The minimum Gasteiger partial charge on any atom is -0.478 e. The summed E-state index contributed by atoms with van der Waals surface area (Å²) < 4.78 is 2.03. The third kappa shape index (κ3) is 2.74. The number of aromatic nitrogens is 3. The lowest BCUT2D eigenvalue weighted by Gasteiger charge is -2.27. The molecular weight excluding hydrogens is 268 g/mol. The standard InChI is InChI=1S/C15H18N4O2/c1-11-4-5-13(15(20)21)14(17-11)19-7-2-3-12(19)9-18-8-6-16-10-18/h4-6,8,10,12H,2-3,7,9H2,1H3,(H,20,21). The van der Waals surface area contributed by atoms with E-state index in [9.17, 15) is 9.90 Å². The van der Waals surface area contributed by atoms with Crippen molar-refractivity contribution < 1.29 is 9.90 Å². The van der Waals surface area contributed by atoms with Crippen molar-refractivity contribution in [2.24, 2.45) is 0 Å². The van der Waals surface area contributed by atoms with Crippen LogP contribution in [0, 0.1) is 6.92 Å². The van der Waals surface area contributed by atoms with Crippen LogP contribution < -0.4 is 4.90 Å². The zero-order chi connectivity index (χ0) is 14.8. The van der Waals surface area contributed by atoms with Crippen molar-refractivity contribution in [3.05, 3.63) is 42.1 Å². The number of aromatic carboxylic acids is 1. The zero-order valence-electron chi connectivity index (χ0n) is 11.9. The second-order valence-corrected chi connectivity index (χ2v) is 5.38. The Morgan fingerprint density at radius 1 is 1.48 bits per heavy atom. The number of carboxylic acid groups (broad SMARTS) is 1. The first kappa shape index (κ1) is 13.6. The lowest BCUT2D eigenvalue weighted by Crippen LogP contribution is -2.34. The Labute approximate surface area is 123 Å². The molecule has 3 heterocycles. The van der Waals surface area contributed by atoms with Crippen LogP contribution in [0.4, 0.5) is 5.82 Å². The number of hydrogen-bond donors (Lipinski definition) is 1. The van der Waals surface area contributed by atoms with Gasteiger partial charge in [0.25, 0.3) is 0 Å². The molecule has 1 saturated heterocycles. The molecule has 6 nitrogen and oxygen atoms in total. The highest BCUT2D eigenvalue weighted by molar-refractivity contribution is 5.93. The lowest BCUT2D eigenvalue weighted by molar-refractivity contribution is 0.0697. The molecule has 6 heteroatoms. The summed E-state index contributed by atoms with van der Waals surface area (Å²) in [5, 5.41) is 9.38. The first-order valence-corrected chi connectivity index (χ1v) is 7.08. The topological polar surface area (TPSA) is 71.2 Å². The molecule has 0 aliphatic carbocycles. The molecule has 2 aromatic rings. The summed E-state index contributed by atoms with van der Waals surface area (Å²) in [5.74, 6) is -0.337. The van der Waals surface area contributed by atoms with Crippen molar-refractivity contribution in [3.8, 4) is 0 Å². The van der Waals surface area contributed by atoms with Crippen LogP contribution >= 0.6 is 0 Å². The molecule has 1 atom stereocenters.